The minimum absolute atomic E-state index is 0.302. The summed E-state index contributed by atoms with van der Waals surface area (Å²) in [5.41, 5.74) is 9.26. The number of guanidine groups is 1. The van der Waals surface area contributed by atoms with E-state index in [0.717, 1.165) is 45.9 Å². The van der Waals surface area contributed by atoms with Crippen LogP contribution in [0, 0.1) is 13.8 Å². The summed E-state index contributed by atoms with van der Waals surface area (Å²) in [4.78, 5) is 24.7. The van der Waals surface area contributed by atoms with Gasteiger partial charge in [0.15, 0.2) is 0 Å². The monoisotopic (exact) mass is 448 g/mol. The van der Waals surface area contributed by atoms with Gasteiger partial charge in [0.25, 0.3) is 5.91 Å². The first-order valence-electron chi connectivity index (χ1n) is 11.3. The second kappa shape index (κ2) is 7.66. The summed E-state index contributed by atoms with van der Waals surface area (Å²) in [5.74, 6) is 0.249. The number of carbonyl (C=O) groups is 1. The summed E-state index contributed by atoms with van der Waals surface area (Å²) in [6.07, 6.45) is 2.62. The standard InChI is InChI=1S/C27H24N6O/c1-16-4-9-22-24(12-16)33-11-10-18-5-7-19(8-6-18)25-21(15-28-32(25)3)23-14-20(13-17(2)29-23)26(34)31-27(33)30-22/h4-9,12-15H,10-11H2,1-3H3,(H,30,31,34). The van der Waals surface area contributed by atoms with Crippen molar-refractivity contribution in [2.75, 3.05) is 16.8 Å². The number of hydrogen-bond acceptors (Lipinski definition) is 5. The lowest BCUT2D eigenvalue weighted by molar-refractivity contribution is 0.100. The van der Waals surface area contributed by atoms with Crippen LogP contribution in [-0.2, 0) is 13.5 Å². The van der Waals surface area contributed by atoms with Gasteiger partial charge in [-0.3, -0.25) is 14.5 Å². The van der Waals surface area contributed by atoms with Crippen LogP contribution in [0.3, 0.4) is 0 Å². The average Bonchev–Trinajstić information content (AvgIpc) is 3.36. The van der Waals surface area contributed by atoms with E-state index in [4.69, 9.17) is 4.98 Å². The predicted octanol–water partition coefficient (Wildman–Crippen LogP) is 4.75. The van der Waals surface area contributed by atoms with E-state index in [0.29, 0.717) is 23.8 Å². The zero-order valence-corrected chi connectivity index (χ0v) is 19.3. The molecular formula is C27H24N6O. The molecule has 34 heavy (non-hydrogen) atoms. The third-order valence-corrected chi connectivity index (χ3v) is 6.42. The quantitative estimate of drug-likeness (QED) is 0.420. The molecule has 0 saturated carbocycles. The number of amides is 1. The van der Waals surface area contributed by atoms with Crippen molar-refractivity contribution in [3.63, 3.8) is 0 Å². The molecule has 3 aliphatic heterocycles. The highest BCUT2D eigenvalue weighted by molar-refractivity contribution is 6.19. The number of nitrogens with zero attached hydrogens (tertiary/aromatic N) is 5. The topological polar surface area (TPSA) is 75.4 Å². The van der Waals surface area contributed by atoms with Gasteiger partial charge in [0, 0.05) is 36.0 Å². The minimum Gasteiger partial charge on any atom is -0.324 e. The van der Waals surface area contributed by atoms with E-state index < -0.39 is 0 Å². The summed E-state index contributed by atoms with van der Waals surface area (Å²) >= 11 is 0. The van der Waals surface area contributed by atoms with Gasteiger partial charge in [0.2, 0.25) is 5.96 Å². The van der Waals surface area contributed by atoms with Gasteiger partial charge in [0.1, 0.15) is 0 Å². The van der Waals surface area contributed by atoms with Gasteiger partial charge in [-0.1, -0.05) is 30.3 Å². The summed E-state index contributed by atoms with van der Waals surface area (Å²) in [7, 11) is 1.92. The number of hydrogen-bond donors (Lipinski definition) is 1. The first-order chi connectivity index (χ1) is 16.5. The molecule has 1 N–H and O–H groups in total. The Labute approximate surface area is 197 Å². The number of nitrogens with one attached hydrogen (secondary N) is 1. The Morgan fingerprint density at radius 2 is 1.79 bits per heavy atom. The second-order valence-corrected chi connectivity index (χ2v) is 8.90. The molecule has 0 radical (unpaired) electrons. The Bertz CT molecular complexity index is 1480. The number of rotatable bonds is 0. The highest BCUT2D eigenvalue weighted by Gasteiger charge is 2.27. The molecule has 2 aromatic heterocycles. The molecule has 0 saturated heterocycles. The fourth-order valence-corrected chi connectivity index (χ4v) is 4.72. The highest BCUT2D eigenvalue weighted by atomic mass is 16.1. The van der Waals surface area contributed by atoms with Gasteiger partial charge in [-0.25, -0.2) is 0 Å². The summed E-state index contributed by atoms with van der Waals surface area (Å²) < 4.78 is 1.85. The fraction of sp³-hybridized carbons (Fsp3) is 0.185. The zero-order valence-electron chi connectivity index (χ0n) is 19.3. The summed E-state index contributed by atoms with van der Waals surface area (Å²) in [6, 6.07) is 18.4. The number of anilines is 2. The number of fused-ring (bicyclic) bond motifs is 5. The van der Waals surface area contributed by atoms with Crippen LogP contribution in [0.5, 0.6) is 0 Å². The Balaban J connectivity index is 1.55. The van der Waals surface area contributed by atoms with E-state index in [1.165, 1.54) is 5.56 Å². The minimum atomic E-state index is -0.302. The molecule has 4 bridgehead atoms. The molecule has 2 aromatic carbocycles. The van der Waals surface area contributed by atoms with Crippen LogP contribution in [0.25, 0.3) is 22.5 Å². The highest BCUT2D eigenvalue weighted by Crippen LogP contribution is 2.35. The van der Waals surface area contributed by atoms with Crippen molar-refractivity contribution >= 4 is 23.2 Å². The van der Waals surface area contributed by atoms with Crippen molar-refractivity contribution in [3.8, 4) is 22.5 Å². The van der Waals surface area contributed by atoms with Gasteiger partial charge in [0.05, 0.1) is 29.0 Å². The summed E-state index contributed by atoms with van der Waals surface area (Å²) in [6.45, 7) is 4.67. The first-order valence-corrected chi connectivity index (χ1v) is 11.3. The van der Waals surface area contributed by atoms with Crippen molar-refractivity contribution in [1.82, 2.24) is 14.8 Å². The average molecular weight is 449 g/mol. The van der Waals surface area contributed by atoms with Gasteiger partial charge in [-0.15, -0.1) is 0 Å². The normalized spacial score (nSPS) is 16.0. The van der Waals surface area contributed by atoms with Crippen LogP contribution in [-0.4, -0.2) is 33.2 Å². The zero-order chi connectivity index (χ0) is 23.4. The maximum absolute atomic E-state index is 13.3. The van der Waals surface area contributed by atoms with Crippen LogP contribution in [0.2, 0.25) is 0 Å². The van der Waals surface area contributed by atoms with E-state index >= 15 is 0 Å². The molecule has 0 fully saturated rings. The molecule has 0 spiro atoms. The molecule has 7 heteroatoms. The van der Waals surface area contributed by atoms with Gasteiger partial charge >= 0.3 is 0 Å². The molecule has 0 unspecified atom stereocenters. The molecule has 4 aromatic rings. The Hall–Kier alpha value is -4.26. The number of benzene rings is 2. The molecular weight excluding hydrogens is 424 g/mol. The van der Waals surface area contributed by atoms with Crippen LogP contribution < -0.4 is 10.2 Å². The maximum Gasteiger partial charge on any atom is 0.280 e. The number of aliphatic imine (C=N–C) groups is 1. The van der Waals surface area contributed by atoms with Crippen LogP contribution in [0.15, 0.2) is 65.8 Å². The smallest absolute Gasteiger partial charge is 0.280 e. The van der Waals surface area contributed by atoms with E-state index in [2.05, 4.69) is 63.6 Å². The Morgan fingerprint density at radius 1 is 0.971 bits per heavy atom. The SMILES string of the molecule is Cc1ccc2c(c1)N1CCc3ccc(cc3)-c3c(cnn3C)-c3cc(cc(C)n3)C(=O)/N=C/1N2. The molecule has 0 atom stereocenters. The van der Waals surface area contributed by atoms with Gasteiger partial charge < -0.3 is 10.2 Å². The number of pyridine rings is 1. The molecule has 3 aliphatic rings. The van der Waals surface area contributed by atoms with E-state index in [1.54, 1.807) is 6.07 Å². The van der Waals surface area contributed by atoms with E-state index in [-0.39, 0.29) is 5.91 Å². The number of carbonyl (C=O) groups excluding carboxylic acids is 1. The van der Waals surface area contributed by atoms with Crippen LogP contribution in [0.1, 0.15) is 27.2 Å². The molecule has 7 nitrogen and oxygen atoms in total. The summed E-state index contributed by atoms with van der Waals surface area (Å²) in [5, 5.41) is 7.83. The molecule has 5 heterocycles. The molecule has 7 rings (SSSR count). The third kappa shape index (κ3) is 3.37. The Kier molecular flexibility index (Phi) is 4.58. The maximum atomic E-state index is 13.3. The van der Waals surface area contributed by atoms with Crippen LogP contribution in [0.4, 0.5) is 11.4 Å². The van der Waals surface area contributed by atoms with Crippen LogP contribution >= 0.6 is 0 Å². The predicted molar refractivity (Wildman–Crippen MR) is 134 cm³/mol. The van der Waals surface area contributed by atoms with E-state index in [1.807, 2.05) is 37.0 Å². The largest absolute Gasteiger partial charge is 0.324 e. The van der Waals surface area contributed by atoms with Crippen molar-refractivity contribution in [1.29, 1.82) is 0 Å². The second-order valence-electron chi connectivity index (χ2n) is 8.90. The lowest BCUT2D eigenvalue weighted by Crippen LogP contribution is -2.33. The van der Waals surface area contributed by atoms with Crippen molar-refractivity contribution < 1.29 is 4.79 Å². The molecule has 1 amide bonds. The first kappa shape index (κ1) is 20.4. The molecule has 168 valence electrons. The number of aryl methyl sites for hydroxylation is 3. The van der Waals surface area contributed by atoms with Crippen molar-refractivity contribution in [3.05, 3.63) is 83.2 Å². The van der Waals surface area contributed by atoms with Crippen molar-refractivity contribution in [2.24, 2.45) is 12.0 Å². The van der Waals surface area contributed by atoms with Gasteiger partial charge in [-0.05, 0) is 55.7 Å². The number of aromatic nitrogens is 3. The lowest BCUT2D eigenvalue weighted by atomic mass is 10.0. The third-order valence-electron chi connectivity index (χ3n) is 6.42. The fourth-order valence-electron chi connectivity index (χ4n) is 4.72. The van der Waals surface area contributed by atoms with Crippen molar-refractivity contribution in [2.45, 2.75) is 20.3 Å². The molecule has 0 aliphatic carbocycles. The lowest BCUT2D eigenvalue weighted by Gasteiger charge is -2.19. The van der Waals surface area contributed by atoms with Gasteiger partial charge in [-0.2, -0.15) is 10.1 Å². The van der Waals surface area contributed by atoms with E-state index in [9.17, 15) is 4.79 Å². The Morgan fingerprint density at radius 3 is 2.62 bits per heavy atom.